The van der Waals surface area contributed by atoms with Crippen molar-refractivity contribution in [1.29, 1.82) is 0 Å². The quantitative estimate of drug-likeness (QED) is 0.350. The second-order valence-electron chi connectivity index (χ2n) is 7.92. The zero-order chi connectivity index (χ0) is 22.8. The summed E-state index contributed by atoms with van der Waals surface area (Å²) in [5.41, 5.74) is 2.78. The fourth-order valence-corrected chi connectivity index (χ4v) is 4.39. The van der Waals surface area contributed by atoms with Crippen LogP contribution in [0.25, 0.3) is 28.0 Å². The number of nitrogens with zero attached hydrogens (tertiary/aromatic N) is 2. The summed E-state index contributed by atoms with van der Waals surface area (Å²) in [6.45, 7) is 1.62. The lowest BCUT2D eigenvalue weighted by molar-refractivity contribution is -0.137. The zero-order valence-corrected chi connectivity index (χ0v) is 18.2. The second-order valence-corrected chi connectivity index (χ2v) is 8.77. The molecular formula is C23H16Cl2F3N3O. The van der Waals surface area contributed by atoms with Crippen LogP contribution in [-0.4, -0.2) is 14.6 Å². The maximum absolute atomic E-state index is 13.2. The average molecular weight is 478 g/mol. The van der Waals surface area contributed by atoms with E-state index in [4.69, 9.17) is 23.2 Å². The van der Waals surface area contributed by atoms with E-state index in [1.807, 2.05) is 0 Å². The monoisotopic (exact) mass is 477 g/mol. The second kappa shape index (κ2) is 7.39. The summed E-state index contributed by atoms with van der Waals surface area (Å²) in [6.07, 6.45) is -2.52. The fraction of sp³-hybridized carbons (Fsp3) is 0.217. The van der Waals surface area contributed by atoms with Gasteiger partial charge in [-0.15, -0.1) is 0 Å². The molecule has 1 saturated carbocycles. The maximum atomic E-state index is 13.2. The van der Waals surface area contributed by atoms with Crippen molar-refractivity contribution in [2.45, 2.75) is 31.9 Å². The van der Waals surface area contributed by atoms with Crippen LogP contribution in [0, 0.1) is 6.92 Å². The third-order valence-corrected chi connectivity index (χ3v) is 6.26. The van der Waals surface area contributed by atoms with Gasteiger partial charge in [-0.1, -0.05) is 41.4 Å². The highest BCUT2D eigenvalue weighted by molar-refractivity contribution is 6.36. The lowest BCUT2D eigenvalue weighted by atomic mass is 10.0. The summed E-state index contributed by atoms with van der Waals surface area (Å²) >= 11 is 12.6. The van der Waals surface area contributed by atoms with E-state index in [0.29, 0.717) is 43.6 Å². The first-order chi connectivity index (χ1) is 15.1. The Morgan fingerprint density at radius 3 is 2.38 bits per heavy atom. The van der Waals surface area contributed by atoms with Crippen LogP contribution in [0.1, 0.15) is 35.6 Å². The van der Waals surface area contributed by atoms with Gasteiger partial charge in [0, 0.05) is 27.6 Å². The highest BCUT2D eigenvalue weighted by atomic mass is 35.5. The summed E-state index contributed by atoms with van der Waals surface area (Å²) in [5.74, 6) is 0.222. The van der Waals surface area contributed by atoms with Crippen LogP contribution >= 0.6 is 23.2 Å². The molecule has 0 saturated heterocycles. The first-order valence-corrected chi connectivity index (χ1v) is 10.7. The number of aromatic amines is 1. The average Bonchev–Trinajstić information content (AvgIpc) is 3.51. The minimum Gasteiger partial charge on any atom is -0.339 e. The van der Waals surface area contributed by atoms with E-state index in [2.05, 4.69) is 10.1 Å². The van der Waals surface area contributed by atoms with E-state index in [0.717, 1.165) is 30.7 Å². The third-order valence-electron chi connectivity index (χ3n) is 5.71. The lowest BCUT2D eigenvalue weighted by Gasteiger charge is -2.11. The molecule has 2 aromatic heterocycles. The Kier molecular flexibility index (Phi) is 4.87. The summed E-state index contributed by atoms with van der Waals surface area (Å²) in [5, 5.41) is 5.50. The molecule has 4 aromatic rings. The van der Waals surface area contributed by atoms with Gasteiger partial charge in [-0.05, 0) is 49.6 Å². The van der Waals surface area contributed by atoms with Gasteiger partial charge in [0.15, 0.2) is 0 Å². The number of benzene rings is 2. The first-order valence-electron chi connectivity index (χ1n) is 9.93. The SMILES string of the molecule is Cc1c(-c2ccc(C(F)(F)F)cc2)[nH]c2c(-c3ccc(Cl)cc3Cl)c(C3CC3)nn2c1=O. The lowest BCUT2D eigenvalue weighted by Crippen LogP contribution is -2.19. The van der Waals surface area contributed by atoms with Gasteiger partial charge >= 0.3 is 6.18 Å². The number of halogens is 5. The van der Waals surface area contributed by atoms with E-state index in [-0.39, 0.29) is 11.5 Å². The molecule has 5 rings (SSSR count). The Morgan fingerprint density at radius 1 is 1.09 bits per heavy atom. The van der Waals surface area contributed by atoms with E-state index in [1.165, 1.54) is 16.6 Å². The molecule has 0 radical (unpaired) electrons. The highest BCUT2D eigenvalue weighted by Crippen LogP contribution is 2.46. The summed E-state index contributed by atoms with van der Waals surface area (Å²) < 4.78 is 40.2. The summed E-state index contributed by atoms with van der Waals surface area (Å²) in [7, 11) is 0. The molecule has 1 aliphatic carbocycles. The molecule has 0 aliphatic heterocycles. The minimum absolute atomic E-state index is 0.222. The van der Waals surface area contributed by atoms with E-state index in [9.17, 15) is 18.0 Å². The summed E-state index contributed by atoms with van der Waals surface area (Å²) in [4.78, 5) is 16.4. The fourth-order valence-electron chi connectivity index (χ4n) is 3.89. The number of hydrogen-bond donors (Lipinski definition) is 1. The van der Waals surface area contributed by atoms with Gasteiger partial charge in [-0.2, -0.15) is 22.8 Å². The predicted octanol–water partition coefficient (Wildman–Crippen LogP) is 6.87. The van der Waals surface area contributed by atoms with Crippen molar-refractivity contribution in [3.05, 3.63) is 79.7 Å². The Hall–Kier alpha value is -2.77. The molecule has 2 aromatic carbocycles. The van der Waals surface area contributed by atoms with Crippen molar-refractivity contribution < 1.29 is 13.2 Å². The topological polar surface area (TPSA) is 50.2 Å². The van der Waals surface area contributed by atoms with Crippen LogP contribution in [-0.2, 0) is 6.18 Å². The molecule has 1 fully saturated rings. The van der Waals surface area contributed by atoms with Crippen molar-refractivity contribution in [3.63, 3.8) is 0 Å². The van der Waals surface area contributed by atoms with Gasteiger partial charge in [0.25, 0.3) is 5.56 Å². The maximum Gasteiger partial charge on any atom is 0.416 e. The number of rotatable bonds is 3. The largest absolute Gasteiger partial charge is 0.416 e. The molecule has 0 unspecified atom stereocenters. The number of hydrogen-bond acceptors (Lipinski definition) is 2. The van der Waals surface area contributed by atoms with Crippen LogP contribution < -0.4 is 5.56 Å². The van der Waals surface area contributed by atoms with Crippen molar-refractivity contribution in [2.24, 2.45) is 0 Å². The van der Waals surface area contributed by atoms with Crippen LogP contribution in [0.3, 0.4) is 0 Å². The van der Waals surface area contributed by atoms with Crippen molar-refractivity contribution in [1.82, 2.24) is 14.6 Å². The number of H-pyrrole nitrogens is 1. The van der Waals surface area contributed by atoms with Crippen LogP contribution in [0.15, 0.2) is 47.3 Å². The van der Waals surface area contributed by atoms with Gasteiger partial charge in [0.1, 0.15) is 5.65 Å². The molecule has 0 amide bonds. The molecule has 32 heavy (non-hydrogen) atoms. The van der Waals surface area contributed by atoms with E-state index in [1.54, 1.807) is 25.1 Å². The van der Waals surface area contributed by atoms with Crippen LogP contribution in [0.2, 0.25) is 10.0 Å². The van der Waals surface area contributed by atoms with Crippen molar-refractivity contribution in [3.8, 4) is 22.4 Å². The Bertz CT molecular complexity index is 1420. The Balaban J connectivity index is 1.77. The molecule has 2 heterocycles. The molecular weight excluding hydrogens is 462 g/mol. The van der Waals surface area contributed by atoms with Gasteiger partial charge in [-0.25, -0.2) is 0 Å². The van der Waals surface area contributed by atoms with Crippen molar-refractivity contribution >= 4 is 28.8 Å². The number of fused-ring (bicyclic) bond motifs is 1. The standard InChI is InChI=1S/C23H16Cl2F3N3O/c1-11-19(12-4-6-14(7-5-12)23(26,27)28)29-21-18(16-9-8-15(24)10-17(16)25)20(13-2-3-13)30-31(21)22(11)32/h4-10,13,29H,2-3H2,1H3. The number of alkyl halides is 3. The van der Waals surface area contributed by atoms with Crippen LogP contribution in [0.5, 0.6) is 0 Å². The zero-order valence-electron chi connectivity index (χ0n) is 16.7. The number of nitrogens with one attached hydrogen (secondary N) is 1. The van der Waals surface area contributed by atoms with Gasteiger partial charge in [-0.3, -0.25) is 4.79 Å². The normalized spacial score (nSPS) is 14.3. The Morgan fingerprint density at radius 2 is 1.78 bits per heavy atom. The van der Waals surface area contributed by atoms with Crippen molar-refractivity contribution in [2.75, 3.05) is 0 Å². The Labute approximate surface area is 190 Å². The molecule has 0 spiro atoms. The summed E-state index contributed by atoms with van der Waals surface area (Å²) in [6, 6.07) is 9.83. The first kappa shape index (κ1) is 21.1. The van der Waals surface area contributed by atoms with Gasteiger partial charge in [0.05, 0.1) is 22.0 Å². The minimum atomic E-state index is -4.44. The molecule has 1 aliphatic rings. The molecule has 0 atom stereocenters. The van der Waals surface area contributed by atoms with E-state index < -0.39 is 11.7 Å². The van der Waals surface area contributed by atoms with Crippen LogP contribution in [0.4, 0.5) is 13.2 Å². The highest BCUT2D eigenvalue weighted by Gasteiger charge is 2.33. The molecule has 164 valence electrons. The molecule has 0 bridgehead atoms. The van der Waals surface area contributed by atoms with Gasteiger partial charge in [0.2, 0.25) is 0 Å². The number of aromatic nitrogens is 3. The molecule has 4 nitrogen and oxygen atoms in total. The smallest absolute Gasteiger partial charge is 0.339 e. The predicted molar refractivity (Wildman–Crippen MR) is 118 cm³/mol. The third kappa shape index (κ3) is 3.49. The van der Waals surface area contributed by atoms with E-state index >= 15 is 0 Å². The van der Waals surface area contributed by atoms with Gasteiger partial charge < -0.3 is 4.98 Å². The molecule has 1 N–H and O–H groups in total. The molecule has 9 heteroatoms.